The van der Waals surface area contributed by atoms with Crippen molar-refractivity contribution in [3.05, 3.63) is 10.8 Å². The van der Waals surface area contributed by atoms with Crippen molar-refractivity contribution in [3.63, 3.8) is 0 Å². The van der Waals surface area contributed by atoms with Crippen LogP contribution in [-0.2, 0) is 14.9 Å². The molecule has 0 aromatic carbocycles. The molecule has 0 fully saturated rings. The highest BCUT2D eigenvalue weighted by molar-refractivity contribution is 7.86. The predicted octanol–water partition coefficient (Wildman–Crippen LogP) is 2.74. The fourth-order valence-electron chi connectivity index (χ4n) is 2.23. The molecule has 126 valence electrons. The summed E-state index contributed by atoms with van der Waals surface area (Å²) in [6, 6.07) is 0. The maximum absolute atomic E-state index is 11.3. The van der Waals surface area contributed by atoms with Gasteiger partial charge in [-0.25, -0.2) is 0 Å². The van der Waals surface area contributed by atoms with Gasteiger partial charge in [0.25, 0.3) is 10.1 Å². The molecule has 1 atom stereocenters. The Morgan fingerprint density at radius 2 is 1.95 bits per heavy atom. The quantitative estimate of drug-likeness (QED) is 0.726. The van der Waals surface area contributed by atoms with E-state index in [0.29, 0.717) is 19.6 Å². The zero-order valence-corrected chi connectivity index (χ0v) is 14.2. The molecule has 0 bridgehead atoms. The van der Waals surface area contributed by atoms with Crippen molar-refractivity contribution in [1.82, 2.24) is 0 Å². The van der Waals surface area contributed by atoms with Gasteiger partial charge in [-0.05, 0) is 12.8 Å². The van der Waals surface area contributed by atoms with Gasteiger partial charge in [0.05, 0.1) is 5.25 Å². The van der Waals surface area contributed by atoms with E-state index in [1.165, 1.54) is 11.3 Å². The molecule has 0 amide bonds. The van der Waals surface area contributed by atoms with Crippen LogP contribution in [0.2, 0.25) is 0 Å². The van der Waals surface area contributed by atoms with E-state index in [0.717, 1.165) is 24.3 Å². The van der Waals surface area contributed by atoms with Crippen molar-refractivity contribution in [1.29, 1.82) is 0 Å². The Bertz CT molecular complexity index is 531. The van der Waals surface area contributed by atoms with Crippen LogP contribution in [0.15, 0.2) is 10.8 Å². The van der Waals surface area contributed by atoms with Gasteiger partial charge in [-0.2, -0.15) is 8.42 Å². The lowest BCUT2D eigenvalue weighted by molar-refractivity contribution is 0.00119. The van der Waals surface area contributed by atoms with Crippen LogP contribution in [0.25, 0.3) is 0 Å². The largest absolute Gasteiger partial charge is 0.486 e. The SMILES string of the molecule is CCCCC(CCOC1COc2cscc2OC1)S(=O)(=O)O. The van der Waals surface area contributed by atoms with Gasteiger partial charge in [-0.3, -0.25) is 4.55 Å². The molecule has 22 heavy (non-hydrogen) atoms. The lowest BCUT2D eigenvalue weighted by atomic mass is 10.1. The molecule has 0 radical (unpaired) electrons. The first-order valence-corrected chi connectivity index (χ1v) is 9.85. The van der Waals surface area contributed by atoms with Crippen molar-refractivity contribution in [2.75, 3.05) is 19.8 Å². The molecule has 2 rings (SSSR count). The molecule has 1 aromatic rings. The van der Waals surface area contributed by atoms with Gasteiger partial charge in [0.1, 0.15) is 19.3 Å². The molecular formula is C14H22O6S2. The summed E-state index contributed by atoms with van der Waals surface area (Å²) in [5, 5.41) is 2.98. The average Bonchev–Trinajstić information content (AvgIpc) is 2.82. The minimum Gasteiger partial charge on any atom is -0.486 e. The summed E-state index contributed by atoms with van der Waals surface area (Å²) in [5.74, 6) is 1.43. The van der Waals surface area contributed by atoms with Gasteiger partial charge < -0.3 is 14.2 Å². The highest BCUT2D eigenvalue weighted by Crippen LogP contribution is 2.33. The lowest BCUT2D eigenvalue weighted by Crippen LogP contribution is -2.29. The normalized spacial score (nSPS) is 17.2. The summed E-state index contributed by atoms with van der Waals surface area (Å²) < 4.78 is 48.7. The van der Waals surface area contributed by atoms with Gasteiger partial charge in [-0.1, -0.05) is 19.8 Å². The van der Waals surface area contributed by atoms with Crippen LogP contribution >= 0.6 is 11.3 Å². The van der Waals surface area contributed by atoms with Crippen LogP contribution in [0.1, 0.15) is 32.6 Å². The van der Waals surface area contributed by atoms with Crippen molar-refractivity contribution < 1.29 is 27.2 Å². The summed E-state index contributed by atoms with van der Waals surface area (Å²) in [6.45, 7) is 2.97. The molecule has 1 aromatic heterocycles. The lowest BCUT2D eigenvalue weighted by Gasteiger charge is -2.17. The molecule has 6 nitrogen and oxygen atoms in total. The van der Waals surface area contributed by atoms with E-state index in [4.69, 9.17) is 14.2 Å². The number of thiophene rings is 1. The number of hydrogen-bond acceptors (Lipinski definition) is 6. The van der Waals surface area contributed by atoms with Crippen molar-refractivity contribution in [2.45, 2.75) is 44.0 Å². The van der Waals surface area contributed by atoms with Gasteiger partial charge in [0, 0.05) is 17.4 Å². The topological polar surface area (TPSA) is 82.1 Å². The van der Waals surface area contributed by atoms with E-state index in [-0.39, 0.29) is 19.1 Å². The zero-order chi connectivity index (χ0) is 16.0. The maximum Gasteiger partial charge on any atom is 0.267 e. The molecule has 8 heteroatoms. The first-order chi connectivity index (χ1) is 10.5. The van der Waals surface area contributed by atoms with E-state index in [9.17, 15) is 13.0 Å². The number of ether oxygens (including phenoxy) is 3. The second-order valence-electron chi connectivity index (χ2n) is 5.28. The van der Waals surface area contributed by atoms with E-state index in [1.54, 1.807) is 0 Å². The second kappa shape index (κ2) is 8.14. The first-order valence-electron chi connectivity index (χ1n) is 7.40. The summed E-state index contributed by atoms with van der Waals surface area (Å²) >= 11 is 1.51. The van der Waals surface area contributed by atoms with Crippen molar-refractivity contribution in [2.24, 2.45) is 0 Å². The third-order valence-corrected chi connectivity index (χ3v) is 5.55. The zero-order valence-electron chi connectivity index (χ0n) is 12.6. The molecule has 1 unspecified atom stereocenters. The molecule has 1 aliphatic heterocycles. The summed E-state index contributed by atoms with van der Waals surface area (Å²) in [6.07, 6.45) is 2.13. The highest BCUT2D eigenvalue weighted by Gasteiger charge is 2.24. The smallest absolute Gasteiger partial charge is 0.267 e. The Kier molecular flexibility index (Phi) is 6.49. The number of rotatable bonds is 8. The molecule has 1 N–H and O–H groups in total. The summed E-state index contributed by atoms with van der Waals surface area (Å²) in [4.78, 5) is 0. The molecule has 0 saturated heterocycles. The summed E-state index contributed by atoms with van der Waals surface area (Å²) in [5.41, 5.74) is 0. The van der Waals surface area contributed by atoms with E-state index in [2.05, 4.69) is 0 Å². The van der Waals surface area contributed by atoms with Crippen molar-refractivity contribution >= 4 is 21.5 Å². The van der Waals surface area contributed by atoms with E-state index >= 15 is 0 Å². The van der Waals surface area contributed by atoms with Gasteiger partial charge in [0.15, 0.2) is 11.5 Å². The van der Waals surface area contributed by atoms with E-state index in [1.807, 2.05) is 17.7 Å². The number of unbranched alkanes of at least 4 members (excludes halogenated alkanes) is 1. The Balaban J connectivity index is 1.76. The molecule has 2 heterocycles. The van der Waals surface area contributed by atoms with Crippen LogP contribution in [0, 0.1) is 0 Å². The third-order valence-electron chi connectivity index (χ3n) is 3.54. The summed E-state index contributed by atoms with van der Waals surface area (Å²) in [7, 11) is -4.02. The molecular weight excluding hydrogens is 328 g/mol. The number of hydrogen-bond donors (Lipinski definition) is 1. The second-order valence-corrected chi connectivity index (χ2v) is 7.72. The monoisotopic (exact) mass is 350 g/mol. The minimum absolute atomic E-state index is 0.245. The Hall–Kier alpha value is -0.830. The van der Waals surface area contributed by atoms with Crippen LogP contribution < -0.4 is 9.47 Å². The van der Waals surface area contributed by atoms with Crippen LogP contribution in [0.4, 0.5) is 0 Å². The fourth-order valence-corrected chi connectivity index (χ4v) is 3.78. The van der Waals surface area contributed by atoms with Gasteiger partial charge >= 0.3 is 0 Å². The molecule has 0 spiro atoms. The van der Waals surface area contributed by atoms with Crippen molar-refractivity contribution in [3.8, 4) is 11.5 Å². The Morgan fingerprint density at radius 1 is 1.32 bits per heavy atom. The maximum atomic E-state index is 11.3. The highest BCUT2D eigenvalue weighted by atomic mass is 32.2. The minimum atomic E-state index is -4.02. The van der Waals surface area contributed by atoms with Crippen LogP contribution in [0.3, 0.4) is 0 Å². The first kappa shape index (κ1) is 17.5. The van der Waals surface area contributed by atoms with Crippen LogP contribution in [-0.4, -0.2) is 44.1 Å². The molecule has 0 saturated carbocycles. The third kappa shape index (κ3) is 5.12. The predicted molar refractivity (Wildman–Crippen MR) is 84.5 cm³/mol. The molecule has 0 aliphatic carbocycles. The van der Waals surface area contributed by atoms with E-state index < -0.39 is 15.4 Å². The number of fused-ring (bicyclic) bond motifs is 1. The average molecular weight is 350 g/mol. The Morgan fingerprint density at radius 3 is 2.50 bits per heavy atom. The fraction of sp³-hybridized carbons (Fsp3) is 0.714. The standard InChI is InChI=1S/C14H22O6S2/c1-2-3-4-12(22(15,16)17)5-6-18-11-7-19-13-9-21-10-14(13)20-8-11/h9-12H,2-8H2,1H3,(H,15,16,17). The van der Waals surface area contributed by atoms with Crippen LogP contribution in [0.5, 0.6) is 11.5 Å². The van der Waals surface area contributed by atoms with Gasteiger partial charge in [0.2, 0.25) is 0 Å². The van der Waals surface area contributed by atoms with Gasteiger partial charge in [-0.15, -0.1) is 11.3 Å². The Labute approximate surface area is 135 Å². The molecule has 1 aliphatic rings.